The lowest BCUT2D eigenvalue weighted by Crippen LogP contribution is -2.39. The van der Waals surface area contributed by atoms with Crippen LogP contribution in [-0.4, -0.2) is 15.0 Å². The van der Waals surface area contributed by atoms with Gasteiger partial charge in [0, 0.05) is 0 Å². The van der Waals surface area contributed by atoms with Crippen LogP contribution >= 0.6 is 0 Å². The zero-order valence-corrected chi connectivity index (χ0v) is 9.25. The predicted molar refractivity (Wildman–Crippen MR) is 56.4 cm³/mol. The predicted octanol–water partition coefficient (Wildman–Crippen LogP) is 1.16. The van der Waals surface area contributed by atoms with E-state index in [1.165, 1.54) is 0 Å². The van der Waals surface area contributed by atoms with Gasteiger partial charge in [0.2, 0.25) is 0 Å². The minimum absolute atomic E-state index is 0.163. The summed E-state index contributed by atoms with van der Waals surface area (Å²) in [4.78, 5) is 0. The second-order valence-electron chi connectivity index (χ2n) is 3.62. The van der Waals surface area contributed by atoms with Gasteiger partial charge in [0.1, 0.15) is 0 Å². The average Bonchev–Trinajstić information content (AvgIpc) is 2.57. The zero-order chi connectivity index (χ0) is 10.9. The lowest BCUT2D eigenvalue weighted by atomic mass is 9.89. The first kappa shape index (κ1) is 10.6. The van der Waals surface area contributed by atoms with Crippen molar-refractivity contribution in [1.29, 1.82) is 0 Å². The molecule has 1 heterocycles. The van der Waals surface area contributed by atoms with Gasteiger partial charge in [-0.3, -0.25) is 4.18 Å². The molecule has 0 aliphatic carbocycles. The minimum Gasteiger partial charge on any atom is -0.256 e. The summed E-state index contributed by atoms with van der Waals surface area (Å²) >= 11 is 0. The normalized spacial score (nSPS) is 29.1. The monoisotopic (exact) mass is 227 g/mol. The quantitative estimate of drug-likeness (QED) is 0.824. The summed E-state index contributed by atoms with van der Waals surface area (Å²) in [5.41, 5.74) is 0.341. The first-order valence-electron chi connectivity index (χ1n) is 4.82. The fourth-order valence-electron chi connectivity index (χ4n) is 1.75. The van der Waals surface area contributed by atoms with Gasteiger partial charge in [0.05, 0.1) is 12.1 Å². The third-order valence-corrected chi connectivity index (χ3v) is 3.78. The van der Waals surface area contributed by atoms with E-state index in [-0.39, 0.29) is 6.61 Å². The van der Waals surface area contributed by atoms with Crippen LogP contribution in [0.4, 0.5) is 0 Å². The van der Waals surface area contributed by atoms with Gasteiger partial charge < -0.3 is 0 Å². The van der Waals surface area contributed by atoms with Crippen molar-refractivity contribution in [3.8, 4) is 0 Å². The average molecular weight is 227 g/mol. The highest BCUT2D eigenvalue weighted by Gasteiger charge is 2.42. The topological polar surface area (TPSA) is 55.4 Å². The standard InChI is InChI=1S/C10H13NO3S/c1-2-10(8-14-15(12,13)11-10)9-6-4-3-5-7-9/h3-7,11H,2,8H2,1H3. The molecule has 15 heavy (non-hydrogen) atoms. The first-order chi connectivity index (χ1) is 7.08. The Balaban J connectivity index is 2.41. The summed E-state index contributed by atoms with van der Waals surface area (Å²) in [7, 11) is -3.56. The summed E-state index contributed by atoms with van der Waals surface area (Å²) in [5, 5.41) is 0. The van der Waals surface area contributed by atoms with Gasteiger partial charge in [-0.05, 0) is 12.0 Å². The van der Waals surface area contributed by atoms with Crippen molar-refractivity contribution in [3.05, 3.63) is 35.9 Å². The second-order valence-corrected chi connectivity index (χ2v) is 4.97. The SMILES string of the molecule is CCC1(c2ccccc2)COS(=O)(=O)N1. The van der Waals surface area contributed by atoms with Crippen molar-refractivity contribution in [2.45, 2.75) is 18.9 Å². The molecule has 1 aromatic rings. The van der Waals surface area contributed by atoms with Crippen molar-refractivity contribution in [2.24, 2.45) is 0 Å². The molecular formula is C10H13NO3S. The molecule has 1 atom stereocenters. The maximum Gasteiger partial charge on any atom is 0.336 e. The Morgan fingerprint density at radius 2 is 2.07 bits per heavy atom. The van der Waals surface area contributed by atoms with E-state index >= 15 is 0 Å². The van der Waals surface area contributed by atoms with E-state index in [1.807, 2.05) is 37.3 Å². The summed E-state index contributed by atoms with van der Waals surface area (Å²) in [5.74, 6) is 0. The Hall–Kier alpha value is -0.910. The van der Waals surface area contributed by atoms with Gasteiger partial charge in [-0.2, -0.15) is 13.1 Å². The third kappa shape index (κ3) is 1.90. The highest BCUT2D eigenvalue weighted by atomic mass is 32.2. The molecule has 0 amide bonds. The van der Waals surface area contributed by atoms with E-state index in [9.17, 15) is 8.42 Å². The number of rotatable bonds is 2. The summed E-state index contributed by atoms with van der Waals surface area (Å²) in [6.45, 7) is 2.10. The number of benzene rings is 1. The van der Waals surface area contributed by atoms with Crippen LogP contribution < -0.4 is 4.72 Å². The van der Waals surface area contributed by atoms with Crippen molar-refractivity contribution in [1.82, 2.24) is 4.72 Å². The lowest BCUT2D eigenvalue weighted by molar-refractivity contribution is 0.265. The smallest absolute Gasteiger partial charge is 0.256 e. The van der Waals surface area contributed by atoms with E-state index in [4.69, 9.17) is 4.18 Å². The van der Waals surface area contributed by atoms with Crippen molar-refractivity contribution >= 4 is 10.3 Å². The Morgan fingerprint density at radius 1 is 1.40 bits per heavy atom. The van der Waals surface area contributed by atoms with Crippen LogP contribution in [0.25, 0.3) is 0 Å². The molecule has 1 unspecified atom stereocenters. The Labute approximate surface area is 89.5 Å². The maximum absolute atomic E-state index is 11.2. The van der Waals surface area contributed by atoms with Crippen molar-refractivity contribution in [3.63, 3.8) is 0 Å². The van der Waals surface area contributed by atoms with Gasteiger partial charge in [-0.1, -0.05) is 37.3 Å². The molecule has 1 aliphatic rings. The molecule has 0 radical (unpaired) electrons. The molecule has 1 N–H and O–H groups in total. The molecule has 82 valence electrons. The van der Waals surface area contributed by atoms with Gasteiger partial charge in [0.25, 0.3) is 0 Å². The van der Waals surface area contributed by atoms with Gasteiger partial charge in [-0.15, -0.1) is 0 Å². The molecule has 0 aromatic heterocycles. The molecule has 4 nitrogen and oxygen atoms in total. The first-order valence-corrected chi connectivity index (χ1v) is 6.23. The van der Waals surface area contributed by atoms with Crippen molar-refractivity contribution < 1.29 is 12.6 Å². The number of nitrogens with one attached hydrogen (secondary N) is 1. The molecular weight excluding hydrogens is 214 g/mol. The molecule has 1 aromatic carbocycles. The Kier molecular flexibility index (Phi) is 2.54. The van der Waals surface area contributed by atoms with Crippen LogP contribution in [0, 0.1) is 0 Å². The lowest BCUT2D eigenvalue weighted by Gasteiger charge is -2.24. The van der Waals surface area contributed by atoms with E-state index in [0.29, 0.717) is 6.42 Å². The van der Waals surface area contributed by atoms with Crippen LogP contribution in [0.2, 0.25) is 0 Å². The number of hydrogen-bond donors (Lipinski definition) is 1. The molecule has 0 bridgehead atoms. The van der Waals surface area contributed by atoms with Gasteiger partial charge in [-0.25, -0.2) is 0 Å². The maximum atomic E-state index is 11.2. The minimum atomic E-state index is -3.56. The van der Waals surface area contributed by atoms with Crippen LogP contribution in [0.3, 0.4) is 0 Å². The van der Waals surface area contributed by atoms with E-state index in [1.54, 1.807) is 0 Å². The Morgan fingerprint density at radius 3 is 2.53 bits per heavy atom. The summed E-state index contributed by atoms with van der Waals surface area (Å²) < 4.78 is 29.8. The number of hydrogen-bond acceptors (Lipinski definition) is 3. The van der Waals surface area contributed by atoms with Crippen LogP contribution in [-0.2, 0) is 20.0 Å². The molecule has 0 saturated carbocycles. The summed E-state index contributed by atoms with van der Waals surface area (Å²) in [6.07, 6.45) is 0.663. The molecule has 5 heteroatoms. The molecule has 1 saturated heterocycles. The molecule has 1 aliphatic heterocycles. The van der Waals surface area contributed by atoms with Crippen molar-refractivity contribution in [2.75, 3.05) is 6.61 Å². The molecule has 1 fully saturated rings. The molecule has 0 spiro atoms. The fraction of sp³-hybridized carbons (Fsp3) is 0.400. The second kappa shape index (κ2) is 3.59. The highest BCUT2D eigenvalue weighted by molar-refractivity contribution is 7.85. The Bertz CT molecular complexity index is 443. The van der Waals surface area contributed by atoms with E-state index in [2.05, 4.69) is 4.72 Å². The highest BCUT2D eigenvalue weighted by Crippen LogP contribution is 2.31. The van der Waals surface area contributed by atoms with E-state index in [0.717, 1.165) is 5.56 Å². The van der Waals surface area contributed by atoms with Crippen LogP contribution in [0.5, 0.6) is 0 Å². The molecule has 2 rings (SSSR count). The fourth-order valence-corrected chi connectivity index (χ4v) is 2.97. The summed E-state index contributed by atoms with van der Waals surface area (Å²) in [6, 6.07) is 9.48. The largest absolute Gasteiger partial charge is 0.336 e. The van der Waals surface area contributed by atoms with Crippen LogP contribution in [0.15, 0.2) is 30.3 Å². The van der Waals surface area contributed by atoms with Crippen LogP contribution in [0.1, 0.15) is 18.9 Å². The van der Waals surface area contributed by atoms with Gasteiger partial charge in [0.15, 0.2) is 0 Å². The van der Waals surface area contributed by atoms with E-state index < -0.39 is 15.8 Å². The van der Waals surface area contributed by atoms with Gasteiger partial charge >= 0.3 is 10.3 Å². The zero-order valence-electron chi connectivity index (χ0n) is 8.43. The third-order valence-electron chi connectivity index (χ3n) is 2.71.